The summed E-state index contributed by atoms with van der Waals surface area (Å²) in [4.78, 5) is 29.3. The van der Waals surface area contributed by atoms with Crippen LogP contribution in [-0.4, -0.2) is 45.2 Å². The first-order valence-corrected chi connectivity index (χ1v) is 7.17. The van der Waals surface area contributed by atoms with Crippen LogP contribution in [0.5, 0.6) is 0 Å². The van der Waals surface area contributed by atoms with E-state index in [9.17, 15) is 14.7 Å². The number of hydrogen-bond donors (Lipinski definition) is 2. The van der Waals surface area contributed by atoms with Crippen LogP contribution in [0.4, 0.5) is 10.8 Å². The fourth-order valence-electron chi connectivity index (χ4n) is 3.41. The van der Waals surface area contributed by atoms with Crippen LogP contribution in [0.15, 0.2) is 4.52 Å². The van der Waals surface area contributed by atoms with E-state index in [2.05, 4.69) is 15.5 Å². The van der Waals surface area contributed by atoms with Gasteiger partial charge in [-0.15, -0.1) is 0 Å². The number of carbonyl (C=O) groups excluding carboxylic acids is 1. The third-order valence-electron chi connectivity index (χ3n) is 4.58. The molecule has 114 valence electrons. The minimum Gasteiger partial charge on any atom is -0.481 e. The molecule has 0 bridgehead atoms. The molecular formula is C13H18N4O4. The number of urea groups is 1. The second kappa shape index (κ2) is 5.01. The highest BCUT2D eigenvalue weighted by Gasteiger charge is 2.55. The Morgan fingerprint density at radius 1 is 1.57 bits per heavy atom. The van der Waals surface area contributed by atoms with Gasteiger partial charge in [-0.1, -0.05) is 18.5 Å². The number of likely N-dealkylation sites (tertiary alicyclic amines) is 1. The highest BCUT2D eigenvalue weighted by atomic mass is 16.5. The van der Waals surface area contributed by atoms with Crippen LogP contribution in [0.3, 0.4) is 0 Å². The van der Waals surface area contributed by atoms with Gasteiger partial charge >= 0.3 is 18.0 Å². The summed E-state index contributed by atoms with van der Waals surface area (Å²) in [5.74, 6) is -0.244. The van der Waals surface area contributed by atoms with Crippen LogP contribution in [0, 0.1) is 11.3 Å². The Morgan fingerprint density at radius 2 is 2.38 bits per heavy atom. The summed E-state index contributed by atoms with van der Waals surface area (Å²) in [6.07, 6.45) is 3.02. The van der Waals surface area contributed by atoms with Gasteiger partial charge in [-0.25, -0.2) is 4.79 Å². The van der Waals surface area contributed by atoms with Crippen LogP contribution in [-0.2, 0) is 11.2 Å². The summed E-state index contributed by atoms with van der Waals surface area (Å²) in [5, 5.41) is 15.7. The van der Waals surface area contributed by atoms with Crippen molar-refractivity contribution in [3.63, 3.8) is 0 Å². The Balaban J connectivity index is 1.68. The molecular weight excluding hydrogens is 276 g/mol. The fourth-order valence-corrected chi connectivity index (χ4v) is 3.41. The summed E-state index contributed by atoms with van der Waals surface area (Å²) >= 11 is 0. The van der Waals surface area contributed by atoms with Crippen molar-refractivity contribution < 1.29 is 19.2 Å². The first-order valence-electron chi connectivity index (χ1n) is 7.17. The standard InChI is InChI=1S/C13H18N4O4/c1-2-9-14-11(21-16-9)15-12(20)17-6-8-4-3-5-13(8,7-17)10(18)19/h8H,2-7H2,1H3,(H,18,19)(H,14,15,16,20)/t8-,13+/m0/s1. The van der Waals surface area contributed by atoms with Gasteiger partial charge < -0.3 is 14.5 Å². The third kappa shape index (κ3) is 2.24. The van der Waals surface area contributed by atoms with E-state index in [0.717, 1.165) is 12.8 Å². The van der Waals surface area contributed by atoms with Crippen molar-refractivity contribution in [3.05, 3.63) is 5.82 Å². The molecule has 2 atom stereocenters. The average molecular weight is 294 g/mol. The number of nitrogens with one attached hydrogen (secondary N) is 1. The van der Waals surface area contributed by atoms with E-state index in [1.54, 1.807) is 0 Å². The highest BCUT2D eigenvalue weighted by Crippen LogP contribution is 2.48. The van der Waals surface area contributed by atoms with Crippen molar-refractivity contribution in [2.75, 3.05) is 18.4 Å². The molecule has 1 aliphatic carbocycles. The molecule has 1 aromatic heterocycles. The lowest BCUT2D eigenvalue weighted by Crippen LogP contribution is -2.38. The van der Waals surface area contributed by atoms with Crippen LogP contribution >= 0.6 is 0 Å². The zero-order chi connectivity index (χ0) is 15.0. The lowest BCUT2D eigenvalue weighted by atomic mass is 9.81. The maximum Gasteiger partial charge on any atom is 0.329 e. The number of carboxylic acid groups (broad SMARTS) is 1. The molecule has 21 heavy (non-hydrogen) atoms. The first kappa shape index (κ1) is 13.8. The van der Waals surface area contributed by atoms with Crippen LogP contribution in [0.25, 0.3) is 0 Å². The zero-order valence-electron chi connectivity index (χ0n) is 11.8. The minimum atomic E-state index is -0.800. The molecule has 2 fully saturated rings. The smallest absolute Gasteiger partial charge is 0.329 e. The third-order valence-corrected chi connectivity index (χ3v) is 4.58. The second-order valence-corrected chi connectivity index (χ2v) is 5.73. The number of carboxylic acids is 1. The molecule has 1 aliphatic heterocycles. The number of aliphatic carboxylic acids is 1. The van der Waals surface area contributed by atoms with E-state index in [-0.39, 0.29) is 24.5 Å². The van der Waals surface area contributed by atoms with Gasteiger partial charge in [-0.2, -0.15) is 4.98 Å². The normalized spacial score (nSPS) is 27.7. The Hall–Kier alpha value is -2.12. The van der Waals surface area contributed by atoms with E-state index >= 15 is 0 Å². The minimum absolute atomic E-state index is 0.0367. The van der Waals surface area contributed by atoms with Gasteiger partial charge in [0, 0.05) is 19.5 Å². The summed E-state index contributed by atoms with van der Waals surface area (Å²) in [5.41, 5.74) is -0.777. The topological polar surface area (TPSA) is 109 Å². The molecule has 0 unspecified atom stereocenters. The number of carbonyl (C=O) groups is 2. The molecule has 2 aliphatic rings. The molecule has 8 heteroatoms. The Labute approximate surface area is 121 Å². The summed E-state index contributed by atoms with van der Waals surface area (Å²) < 4.78 is 4.92. The van der Waals surface area contributed by atoms with E-state index in [4.69, 9.17) is 4.52 Å². The maximum absolute atomic E-state index is 12.2. The average Bonchev–Trinajstić information content (AvgIpc) is 3.11. The van der Waals surface area contributed by atoms with E-state index in [1.165, 1.54) is 4.90 Å². The molecule has 0 radical (unpaired) electrons. The van der Waals surface area contributed by atoms with E-state index in [1.807, 2.05) is 6.92 Å². The molecule has 8 nitrogen and oxygen atoms in total. The molecule has 1 saturated heterocycles. The number of anilines is 1. The molecule has 1 saturated carbocycles. The van der Waals surface area contributed by atoms with Crippen molar-refractivity contribution in [1.29, 1.82) is 0 Å². The quantitative estimate of drug-likeness (QED) is 0.871. The summed E-state index contributed by atoms with van der Waals surface area (Å²) in [6.45, 7) is 2.59. The molecule has 1 aromatic rings. The first-order chi connectivity index (χ1) is 10.0. The van der Waals surface area contributed by atoms with Crippen LogP contribution in [0.1, 0.15) is 32.0 Å². The van der Waals surface area contributed by atoms with Crippen molar-refractivity contribution in [2.45, 2.75) is 32.6 Å². The van der Waals surface area contributed by atoms with E-state index in [0.29, 0.717) is 25.2 Å². The van der Waals surface area contributed by atoms with Gasteiger partial charge in [-0.3, -0.25) is 10.1 Å². The van der Waals surface area contributed by atoms with Gasteiger partial charge in [0.25, 0.3) is 0 Å². The highest BCUT2D eigenvalue weighted by molar-refractivity contribution is 5.88. The number of rotatable bonds is 3. The van der Waals surface area contributed by atoms with Crippen molar-refractivity contribution >= 4 is 18.0 Å². The van der Waals surface area contributed by atoms with Gasteiger partial charge in [0.15, 0.2) is 5.82 Å². The Bertz CT molecular complexity index is 572. The second-order valence-electron chi connectivity index (χ2n) is 5.73. The monoisotopic (exact) mass is 294 g/mol. The maximum atomic E-state index is 12.2. The lowest BCUT2D eigenvalue weighted by Gasteiger charge is -2.23. The number of amides is 2. The number of nitrogens with zero attached hydrogens (tertiary/aromatic N) is 3. The van der Waals surface area contributed by atoms with Crippen molar-refractivity contribution in [1.82, 2.24) is 15.0 Å². The number of fused-ring (bicyclic) bond motifs is 1. The summed E-state index contributed by atoms with van der Waals surface area (Å²) in [7, 11) is 0. The van der Waals surface area contributed by atoms with Crippen molar-refractivity contribution in [2.24, 2.45) is 11.3 Å². The Kier molecular flexibility index (Phi) is 3.30. The number of hydrogen-bond acceptors (Lipinski definition) is 5. The molecule has 0 aromatic carbocycles. The summed E-state index contributed by atoms with van der Waals surface area (Å²) in [6, 6.07) is -0.324. The predicted octanol–water partition coefficient (Wildman–Crippen LogP) is 1.35. The van der Waals surface area contributed by atoms with Gasteiger partial charge in [-0.05, 0) is 18.8 Å². The van der Waals surface area contributed by atoms with Crippen molar-refractivity contribution in [3.8, 4) is 0 Å². The SMILES string of the molecule is CCc1noc(NC(=O)N2C[C@@H]3CCC[C@@]3(C(=O)O)C2)n1. The van der Waals surface area contributed by atoms with Gasteiger partial charge in [0.2, 0.25) is 0 Å². The van der Waals surface area contributed by atoms with Gasteiger partial charge in [0.05, 0.1) is 5.41 Å². The van der Waals surface area contributed by atoms with Crippen LogP contribution in [0.2, 0.25) is 0 Å². The number of aryl methyl sites for hydroxylation is 1. The fraction of sp³-hybridized carbons (Fsp3) is 0.692. The largest absolute Gasteiger partial charge is 0.481 e. The molecule has 3 rings (SSSR count). The van der Waals surface area contributed by atoms with E-state index < -0.39 is 11.4 Å². The molecule has 2 N–H and O–H groups in total. The number of aromatic nitrogens is 2. The Morgan fingerprint density at radius 3 is 3.00 bits per heavy atom. The van der Waals surface area contributed by atoms with Gasteiger partial charge in [0.1, 0.15) is 0 Å². The molecule has 0 spiro atoms. The molecule has 2 heterocycles. The molecule has 2 amide bonds. The lowest BCUT2D eigenvalue weighted by molar-refractivity contribution is -0.149. The predicted molar refractivity (Wildman–Crippen MR) is 71.7 cm³/mol. The van der Waals surface area contributed by atoms with Crippen LogP contribution < -0.4 is 5.32 Å². The zero-order valence-corrected chi connectivity index (χ0v) is 11.8.